The van der Waals surface area contributed by atoms with Crippen molar-refractivity contribution >= 4 is 20.2 Å². The quantitative estimate of drug-likeness (QED) is 0.673. The molecule has 0 radical (unpaired) electrons. The molecule has 2 unspecified atom stereocenters. The maximum atomic E-state index is 11.1. The van der Waals surface area contributed by atoms with E-state index in [-0.39, 0.29) is 12.8 Å². The lowest BCUT2D eigenvalue weighted by molar-refractivity contribution is 0.426. The van der Waals surface area contributed by atoms with Gasteiger partial charge in [0.2, 0.25) is 0 Å². The van der Waals surface area contributed by atoms with E-state index in [4.69, 9.17) is 9.11 Å². The highest BCUT2D eigenvalue weighted by atomic mass is 32.2. The first-order chi connectivity index (χ1) is 7.14. The molecular weight excluding hydrogens is 256 g/mol. The number of rotatable bonds is 7. The third-order valence-corrected chi connectivity index (χ3v) is 5.35. The molecule has 0 aromatic rings. The van der Waals surface area contributed by atoms with Gasteiger partial charge in [0.05, 0.1) is 0 Å². The fraction of sp³-hybridized carbons (Fsp3) is 1.00. The SMILES string of the molecule is CCCCC(C(CC)S(=O)(=O)O)S(=O)(=O)O. The Labute approximate surface area is 96.6 Å². The smallest absolute Gasteiger partial charge is 0.269 e. The van der Waals surface area contributed by atoms with Crippen molar-refractivity contribution in [3.05, 3.63) is 0 Å². The Morgan fingerprint density at radius 3 is 1.62 bits per heavy atom. The van der Waals surface area contributed by atoms with Crippen molar-refractivity contribution in [3.8, 4) is 0 Å². The van der Waals surface area contributed by atoms with Crippen molar-refractivity contribution in [3.63, 3.8) is 0 Å². The van der Waals surface area contributed by atoms with E-state index in [0.717, 1.165) is 0 Å². The van der Waals surface area contributed by atoms with Crippen molar-refractivity contribution < 1.29 is 25.9 Å². The van der Waals surface area contributed by atoms with Gasteiger partial charge in [-0.15, -0.1) is 0 Å². The number of unbranched alkanes of at least 4 members (excludes halogenated alkanes) is 1. The summed E-state index contributed by atoms with van der Waals surface area (Å²) < 4.78 is 62.0. The highest BCUT2D eigenvalue weighted by Crippen LogP contribution is 2.21. The zero-order valence-electron chi connectivity index (χ0n) is 9.33. The first-order valence-electron chi connectivity index (χ1n) is 5.07. The maximum absolute atomic E-state index is 11.1. The van der Waals surface area contributed by atoms with Gasteiger partial charge < -0.3 is 0 Å². The fourth-order valence-electron chi connectivity index (χ4n) is 1.60. The van der Waals surface area contributed by atoms with Crippen LogP contribution in [0.2, 0.25) is 0 Å². The molecule has 0 saturated carbocycles. The summed E-state index contributed by atoms with van der Waals surface area (Å²) in [4.78, 5) is 0. The Morgan fingerprint density at radius 2 is 1.38 bits per heavy atom. The Bertz CT molecular complexity index is 396. The summed E-state index contributed by atoms with van der Waals surface area (Å²) in [5, 5.41) is -2.92. The van der Waals surface area contributed by atoms with Gasteiger partial charge in [0, 0.05) is 0 Å². The lowest BCUT2D eigenvalue weighted by atomic mass is 10.1. The van der Waals surface area contributed by atoms with Crippen molar-refractivity contribution in [2.24, 2.45) is 0 Å². The molecule has 2 N–H and O–H groups in total. The monoisotopic (exact) mass is 274 g/mol. The number of hydrogen-bond donors (Lipinski definition) is 2. The molecule has 0 saturated heterocycles. The van der Waals surface area contributed by atoms with E-state index in [0.29, 0.717) is 12.8 Å². The molecule has 0 aliphatic carbocycles. The normalized spacial score (nSPS) is 17.0. The molecule has 8 heteroatoms. The van der Waals surface area contributed by atoms with Crippen LogP contribution in [0.1, 0.15) is 39.5 Å². The predicted molar refractivity (Wildman–Crippen MR) is 60.5 cm³/mol. The maximum Gasteiger partial charge on any atom is 0.269 e. The first-order valence-corrected chi connectivity index (χ1v) is 8.07. The average molecular weight is 274 g/mol. The highest BCUT2D eigenvalue weighted by molar-refractivity contribution is 7.90. The summed E-state index contributed by atoms with van der Waals surface area (Å²) in [5.41, 5.74) is 0. The van der Waals surface area contributed by atoms with Gasteiger partial charge in [0.25, 0.3) is 20.2 Å². The van der Waals surface area contributed by atoms with E-state index >= 15 is 0 Å². The minimum Gasteiger partial charge on any atom is -0.285 e. The second-order valence-electron chi connectivity index (χ2n) is 3.66. The molecule has 0 aliphatic heterocycles. The van der Waals surface area contributed by atoms with Crippen LogP contribution in [0.15, 0.2) is 0 Å². The van der Waals surface area contributed by atoms with E-state index in [1.54, 1.807) is 0 Å². The molecule has 0 fully saturated rings. The van der Waals surface area contributed by atoms with Crippen LogP contribution < -0.4 is 0 Å². The van der Waals surface area contributed by atoms with Crippen LogP contribution in [0.4, 0.5) is 0 Å². The Kier molecular flexibility index (Phi) is 5.88. The Morgan fingerprint density at radius 1 is 0.938 bits per heavy atom. The number of hydrogen-bond acceptors (Lipinski definition) is 4. The third kappa shape index (κ3) is 4.77. The van der Waals surface area contributed by atoms with Crippen molar-refractivity contribution in [1.29, 1.82) is 0 Å². The standard InChI is InChI=1S/C8H18O6S2/c1-3-5-6-8(16(12,13)14)7(4-2)15(9,10)11/h7-8H,3-6H2,1-2H3,(H,9,10,11)(H,12,13,14). The van der Waals surface area contributed by atoms with Crippen LogP contribution in [0.3, 0.4) is 0 Å². The van der Waals surface area contributed by atoms with Crippen LogP contribution in [0, 0.1) is 0 Å². The average Bonchev–Trinajstić information content (AvgIpc) is 2.07. The molecule has 0 rings (SSSR count). The molecular formula is C8H18O6S2. The molecule has 98 valence electrons. The Balaban J connectivity index is 5.16. The van der Waals surface area contributed by atoms with Crippen LogP contribution in [0.5, 0.6) is 0 Å². The Hall–Kier alpha value is -0.180. The summed E-state index contributed by atoms with van der Waals surface area (Å²) >= 11 is 0. The molecule has 0 aromatic carbocycles. The zero-order valence-corrected chi connectivity index (χ0v) is 11.0. The van der Waals surface area contributed by atoms with Gasteiger partial charge in [-0.2, -0.15) is 16.8 Å². The third-order valence-electron chi connectivity index (χ3n) is 2.42. The molecule has 0 aromatic heterocycles. The van der Waals surface area contributed by atoms with Gasteiger partial charge >= 0.3 is 0 Å². The van der Waals surface area contributed by atoms with Gasteiger partial charge in [0.15, 0.2) is 0 Å². The molecule has 2 atom stereocenters. The lowest BCUT2D eigenvalue weighted by Gasteiger charge is -2.20. The molecule has 0 aliphatic rings. The van der Waals surface area contributed by atoms with Crippen LogP contribution in [-0.4, -0.2) is 36.4 Å². The summed E-state index contributed by atoms with van der Waals surface area (Å²) in [5.74, 6) is 0. The fourth-order valence-corrected chi connectivity index (χ4v) is 4.42. The molecule has 0 bridgehead atoms. The zero-order chi connectivity index (χ0) is 13.0. The lowest BCUT2D eigenvalue weighted by Crippen LogP contribution is -2.39. The van der Waals surface area contributed by atoms with E-state index < -0.39 is 30.7 Å². The molecule has 0 spiro atoms. The summed E-state index contributed by atoms with van der Waals surface area (Å²) in [6.45, 7) is 3.26. The van der Waals surface area contributed by atoms with Crippen molar-refractivity contribution in [2.45, 2.75) is 50.0 Å². The minimum absolute atomic E-state index is 0.0215. The largest absolute Gasteiger partial charge is 0.285 e. The van der Waals surface area contributed by atoms with E-state index in [1.165, 1.54) is 6.92 Å². The first kappa shape index (κ1) is 15.8. The summed E-state index contributed by atoms with van der Waals surface area (Å²) in [6.07, 6.45) is 1.10. The topological polar surface area (TPSA) is 109 Å². The van der Waals surface area contributed by atoms with Crippen LogP contribution in [0.25, 0.3) is 0 Å². The second kappa shape index (κ2) is 5.95. The highest BCUT2D eigenvalue weighted by Gasteiger charge is 2.38. The summed E-state index contributed by atoms with van der Waals surface area (Å²) in [6, 6.07) is 0. The van der Waals surface area contributed by atoms with Gasteiger partial charge in [-0.1, -0.05) is 26.7 Å². The summed E-state index contributed by atoms with van der Waals surface area (Å²) in [7, 11) is -8.94. The second-order valence-corrected chi connectivity index (χ2v) is 6.93. The van der Waals surface area contributed by atoms with Crippen LogP contribution in [-0.2, 0) is 20.2 Å². The van der Waals surface area contributed by atoms with Crippen LogP contribution >= 0.6 is 0 Å². The predicted octanol–water partition coefficient (Wildman–Crippen LogP) is 1.10. The minimum atomic E-state index is -4.47. The molecule has 0 heterocycles. The van der Waals surface area contributed by atoms with Gasteiger partial charge in [-0.05, 0) is 12.8 Å². The van der Waals surface area contributed by atoms with E-state index in [2.05, 4.69) is 0 Å². The molecule has 16 heavy (non-hydrogen) atoms. The van der Waals surface area contributed by atoms with Gasteiger partial charge in [-0.25, -0.2) is 0 Å². The van der Waals surface area contributed by atoms with Gasteiger partial charge in [0.1, 0.15) is 10.5 Å². The van der Waals surface area contributed by atoms with Crippen molar-refractivity contribution in [2.75, 3.05) is 0 Å². The van der Waals surface area contributed by atoms with E-state index in [9.17, 15) is 16.8 Å². The molecule has 0 amide bonds. The van der Waals surface area contributed by atoms with Crippen molar-refractivity contribution in [1.82, 2.24) is 0 Å². The van der Waals surface area contributed by atoms with E-state index in [1.807, 2.05) is 6.92 Å². The van der Waals surface area contributed by atoms with Gasteiger partial charge in [-0.3, -0.25) is 9.11 Å². The molecule has 6 nitrogen and oxygen atoms in total.